The molecule has 0 saturated carbocycles. The summed E-state index contributed by atoms with van der Waals surface area (Å²) in [6.45, 7) is 7.02. The second kappa shape index (κ2) is 9.33. The minimum Gasteiger partial charge on any atom is -0.329 e. The highest BCUT2D eigenvalue weighted by atomic mass is 35.5. The lowest BCUT2D eigenvalue weighted by Crippen LogP contribution is -2.48. The number of rotatable bonds is 3. The van der Waals surface area contributed by atoms with Gasteiger partial charge < -0.3 is 15.5 Å². The highest BCUT2D eigenvalue weighted by Crippen LogP contribution is 2.26. The molecule has 0 aliphatic carbocycles. The minimum atomic E-state index is -0.609. The van der Waals surface area contributed by atoms with Gasteiger partial charge in [-0.05, 0) is 29.8 Å². The van der Waals surface area contributed by atoms with E-state index in [1.165, 1.54) is 18.2 Å². The number of anilines is 1. The summed E-state index contributed by atoms with van der Waals surface area (Å²) in [6, 6.07) is 7.57. The molecule has 1 aliphatic heterocycles. The molecule has 0 bridgehead atoms. The van der Waals surface area contributed by atoms with Crippen LogP contribution < -0.4 is 10.6 Å². The highest BCUT2D eigenvalue weighted by Gasteiger charge is 2.30. The van der Waals surface area contributed by atoms with Gasteiger partial charge in [-0.1, -0.05) is 26.8 Å². The average molecular weight is 421 g/mol. The predicted molar refractivity (Wildman–Crippen MR) is 113 cm³/mol. The first-order valence-corrected chi connectivity index (χ1v) is 9.30. The van der Waals surface area contributed by atoms with Crippen molar-refractivity contribution in [3.8, 4) is 0 Å². The van der Waals surface area contributed by atoms with E-state index in [-0.39, 0.29) is 29.9 Å². The number of nitrogens with zero attached hydrogens (tertiary/aromatic N) is 2. The van der Waals surface area contributed by atoms with Crippen LogP contribution in [0.3, 0.4) is 0 Å². The molecular weight excluding hydrogens is 395 g/mol. The van der Waals surface area contributed by atoms with Crippen LogP contribution in [0, 0.1) is 11.2 Å². The Labute approximate surface area is 176 Å². The summed E-state index contributed by atoms with van der Waals surface area (Å²) in [7, 11) is 0. The highest BCUT2D eigenvalue weighted by molar-refractivity contribution is 5.98. The first kappa shape index (κ1) is 22.8. The number of halogens is 2. The Kier molecular flexibility index (Phi) is 7.32. The van der Waals surface area contributed by atoms with Crippen molar-refractivity contribution in [3.05, 3.63) is 59.7 Å². The number of carbonyl (C=O) groups excluding carboxylic acids is 2. The summed E-state index contributed by atoms with van der Waals surface area (Å²) in [5.74, 6) is -1.21. The molecule has 2 N–H and O–H groups in total. The lowest BCUT2D eigenvalue weighted by Gasteiger charge is -2.36. The zero-order chi connectivity index (χ0) is 20.3. The largest absolute Gasteiger partial charge is 0.329 e. The smallest absolute Gasteiger partial charge is 0.257 e. The maximum atomic E-state index is 14.5. The van der Waals surface area contributed by atoms with E-state index in [1.54, 1.807) is 38.1 Å². The van der Waals surface area contributed by atoms with E-state index in [1.807, 2.05) is 12.1 Å². The Morgan fingerprint density at radius 2 is 2.03 bits per heavy atom. The molecular formula is C21H26ClFN4O2. The monoisotopic (exact) mass is 420 g/mol. The Balaban J connectivity index is 0.00000300. The molecule has 1 atom stereocenters. The second-order valence-corrected chi connectivity index (χ2v) is 7.90. The van der Waals surface area contributed by atoms with Gasteiger partial charge in [-0.3, -0.25) is 14.6 Å². The number of carbonyl (C=O) groups is 2. The van der Waals surface area contributed by atoms with E-state index < -0.39 is 17.1 Å². The molecule has 6 nitrogen and oxygen atoms in total. The molecule has 1 unspecified atom stereocenters. The van der Waals surface area contributed by atoms with E-state index in [0.29, 0.717) is 25.3 Å². The van der Waals surface area contributed by atoms with Crippen molar-refractivity contribution in [3.63, 3.8) is 0 Å². The van der Waals surface area contributed by atoms with Gasteiger partial charge in [0.2, 0.25) is 5.91 Å². The summed E-state index contributed by atoms with van der Waals surface area (Å²) in [5, 5.41) is 6.02. The van der Waals surface area contributed by atoms with Crippen LogP contribution in [-0.2, 0) is 4.79 Å². The maximum Gasteiger partial charge on any atom is 0.257 e. The molecule has 2 heterocycles. The molecule has 2 amide bonds. The van der Waals surface area contributed by atoms with Crippen LogP contribution in [0.4, 0.5) is 10.1 Å². The fourth-order valence-corrected chi connectivity index (χ4v) is 3.06. The van der Waals surface area contributed by atoms with Crippen LogP contribution in [0.25, 0.3) is 0 Å². The van der Waals surface area contributed by atoms with Crippen molar-refractivity contribution in [2.45, 2.75) is 26.8 Å². The van der Waals surface area contributed by atoms with Crippen molar-refractivity contribution in [1.82, 2.24) is 15.2 Å². The van der Waals surface area contributed by atoms with Gasteiger partial charge in [0.15, 0.2) is 0 Å². The third kappa shape index (κ3) is 5.31. The molecule has 0 spiro atoms. The van der Waals surface area contributed by atoms with Gasteiger partial charge in [0.05, 0.1) is 11.6 Å². The van der Waals surface area contributed by atoms with Gasteiger partial charge in [0.1, 0.15) is 5.82 Å². The molecule has 1 saturated heterocycles. The van der Waals surface area contributed by atoms with Gasteiger partial charge in [-0.15, -0.1) is 12.4 Å². The molecule has 1 aliphatic rings. The van der Waals surface area contributed by atoms with Crippen LogP contribution >= 0.6 is 12.4 Å². The Hall–Kier alpha value is -2.51. The van der Waals surface area contributed by atoms with Crippen LogP contribution in [0.15, 0.2) is 42.7 Å². The average Bonchev–Trinajstić information content (AvgIpc) is 2.69. The number of hydrogen-bond donors (Lipinski definition) is 2. The number of amides is 2. The van der Waals surface area contributed by atoms with Crippen molar-refractivity contribution in [2.75, 3.05) is 25.0 Å². The number of pyridine rings is 1. The number of piperazine rings is 1. The lowest BCUT2D eigenvalue weighted by atomic mass is 9.95. The lowest BCUT2D eigenvalue weighted by molar-refractivity contribution is -0.123. The van der Waals surface area contributed by atoms with E-state index in [2.05, 4.69) is 15.6 Å². The zero-order valence-corrected chi connectivity index (χ0v) is 17.6. The third-order valence-electron chi connectivity index (χ3n) is 4.71. The molecule has 3 rings (SSSR count). The summed E-state index contributed by atoms with van der Waals surface area (Å²) in [6.07, 6.45) is 3.39. The van der Waals surface area contributed by atoms with Crippen LogP contribution in [0.5, 0.6) is 0 Å². The van der Waals surface area contributed by atoms with Crippen LogP contribution in [0.2, 0.25) is 0 Å². The summed E-state index contributed by atoms with van der Waals surface area (Å²) >= 11 is 0. The SMILES string of the molecule is CC(C)(C)C(=O)Nc1ccc(F)c(C(=O)N2CCNCC2c2cccnc2)c1.Cl. The van der Waals surface area contributed by atoms with Gasteiger partial charge in [0, 0.05) is 43.1 Å². The molecule has 1 fully saturated rings. The quantitative estimate of drug-likeness (QED) is 0.797. The molecule has 29 heavy (non-hydrogen) atoms. The summed E-state index contributed by atoms with van der Waals surface area (Å²) in [5.41, 5.74) is 0.642. The summed E-state index contributed by atoms with van der Waals surface area (Å²) in [4.78, 5) is 31.2. The number of aromatic nitrogens is 1. The molecule has 2 aromatic rings. The van der Waals surface area contributed by atoms with E-state index in [9.17, 15) is 14.0 Å². The van der Waals surface area contributed by atoms with Crippen LogP contribution in [-0.4, -0.2) is 41.3 Å². The fourth-order valence-electron chi connectivity index (χ4n) is 3.06. The molecule has 156 valence electrons. The standard InChI is InChI=1S/C21H25FN4O2.ClH/c1-21(2,3)20(28)25-15-6-7-17(22)16(11-15)19(27)26-10-9-24-13-18(26)14-5-4-8-23-12-14;/h4-8,11-12,18,24H,9-10,13H2,1-3H3,(H,25,28);1H. The first-order valence-electron chi connectivity index (χ1n) is 9.30. The van der Waals surface area contributed by atoms with E-state index in [0.717, 1.165) is 5.56 Å². The van der Waals surface area contributed by atoms with Crippen LogP contribution in [0.1, 0.15) is 42.7 Å². The summed E-state index contributed by atoms with van der Waals surface area (Å²) < 4.78 is 14.5. The predicted octanol–water partition coefficient (Wildman–Crippen LogP) is 3.41. The van der Waals surface area contributed by atoms with Gasteiger partial charge >= 0.3 is 0 Å². The van der Waals surface area contributed by atoms with E-state index in [4.69, 9.17) is 0 Å². The number of nitrogens with one attached hydrogen (secondary N) is 2. The Morgan fingerprint density at radius 3 is 2.69 bits per heavy atom. The third-order valence-corrected chi connectivity index (χ3v) is 4.71. The fraction of sp³-hybridized carbons (Fsp3) is 0.381. The van der Waals surface area contributed by atoms with Crippen molar-refractivity contribution >= 4 is 29.9 Å². The Bertz CT molecular complexity index is 871. The van der Waals surface area contributed by atoms with Gasteiger partial charge in [-0.25, -0.2) is 4.39 Å². The molecule has 1 aromatic heterocycles. The molecule has 1 aromatic carbocycles. The van der Waals surface area contributed by atoms with Crippen molar-refractivity contribution < 1.29 is 14.0 Å². The minimum absolute atomic E-state index is 0. The zero-order valence-electron chi connectivity index (χ0n) is 16.7. The molecule has 0 radical (unpaired) electrons. The number of benzene rings is 1. The topological polar surface area (TPSA) is 74.3 Å². The van der Waals surface area contributed by atoms with Gasteiger partial charge in [-0.2, -0.15) is 0 Å². The maximum absolute atomic E-state index is 14.5. The normalized spacial score (nSPS) is 16.7. The van der Waals surface area contributed by atoms with Gasteiger partial charge in [0.25, 0.3) is 5.91 Å². The Morgan fingerprint density at radius 1 is 1.28 bits per heavy atom. The number of hydrogen-bond acceptors (Lipinski definition) is 4. The molecule has 8 heteroatoms. The van der Waals surface area contributed by atoms with E-state index >= 15 is 0 Å². The second-order valence-electron chi connectivity index (χ2n) is 7.90. The van der Waals surface area contributed by atoms with Crippen molar-refractivity contribution in [1.29, 1.82) is 0 Å². The van der Waals surface area contributed by atoms with Crippen molar-refractivity contribution in [2.24, 2.45) is 5.41 Å². The first-order chi connectivity index (χ1) is 13.3.